The molecule has 1 rings (SSSR count). The van der Waals surface area contributed by atoms with Crippen LogP contribution in [0.4, 0.5) is 0 Å². The molecule has 0 aromatic rings. The molecule has 3 heteroatoms. The molecule has 0 fully saturated rings. The predicted octanol–water partition coefficient (Wildman–Crippen LogP) is 1.06. The van der Waals surface area contributed by atoms with Crippen molar-refractivity contribution in [3.05, 3.63) is 11.1 Å². The number of ketones is 1. The van der Waals surface area contributed by atoms with E-state index in [4.69, 9.17) is 4.74 Å². The van der Waals surface area contributed by atoms with Gasteiger partial charge in [0.25, 0.3) is 0 Å². The lowest BCUT2D eigenvalue weighted by Gasteiger charge is -2.25. The number of rotatable bonds is 1. The highest BCUT2D eigenvalue weighted by molar-refractivity contribution is 5.91. The molecular weight excluding hydrogens is 168 g/mol. The van der Waals surface area contributed by atoms with Crippen molar-refractivity contribution in [3.8, 4) is 0 Å². The molecule has 1 aliphatic rings. The molecule has 0 unspecified atom stereocenters. The number of hydrogen-bond donors (Lipinski definition) is 1. The molecule has 0 aromatic heterocycles. The fraction of sp³-hybridized carbons (Fsp3) is 0.700. The summed E-state index contributed by atoms with van der Waals surface area (Å²) in [6.45, 7) is 5.94. The fourth-order valence-electron chi connectivity index (χ4n) is 1.55. The lowest BCUT2D eigenvalue weighted by molar-refractivity contribution is -0.137. The maximum atomic E-state index is 11.5. The van der Waals surface area contributed by atoms with Crippen LogP contribution in [0, 0.1) is 0 Å². The van der Waals surface area contributed by atoms with E-state index in [1.165, 1.54) is 0 Å². The van der Waals surface area contributed by atoms with Crippen LogP contribution in [0.15, 0.2) is 11.1 Å². The first kappa shape index (κ1) is 10.4. The van der Waals surface area contributed by atoms with Gasteiger partial charge in [0.1, 0.15) is 12.2 Å². The average Bonchev–Trinajstić information content (AvgIpc) is 2.21. The minimum Gasteiger partial charge on any atom is -0.378 e. The third-order valence-corrected chi connectivity index (χ3v) is 2.79. The first-order valence-corrected chi connectivity index (χ1v) is 4.52. The zero-order valence-electron chi connectivity index (χ0n) is 8.39. The zero-order chi connectivity index (χ0) is 10.1. The number of ether oxygens (including phenoxy) is 1. The van der Waals surface area contributed by atoms with Crippen LogP contribution in [0.25, 0.3) is 0 Å². The Morgan fingerprint density at radius 2 is 2.08 bits per heavy atom. The maximum Gasteiger partial charge on any atom is 0.194 e. The molecule has 13 heavy (non-hydrogen) atoms. The van der Waals surface area contributed by atoms with Gasteiger partial charge in [-0.3, -0.25) is 4.79 Å². The summed E-state index contributed by atoms with van der Waals surface area (Å²) < 4.78 is 5.12. The summed E-state index contributed by atoms with van der Waals surface area (Å²) in [4.78, 5) is 11.5. The largest absolute Gasteiger partial charge is 0.378 e. The van der Waals surface area contributed by atoms with Gasteiger partial charge in [0, 0.05) is 0 Å². The average molecular weight is 184 g/mol. The Kier molecular flexibility index (Phi) is 2.88. The van der Waals surface area contributed by atoms with Crippen LogP contribution in [-0.2, 0) is 9.53 Å². The van der Waals surface area contributed by atoms with Gasteiger partial charge >= 0.3 is 0 Å². The van der Waals surface area contributed by atoms with E-state index in [1.54, 1.807) is 13.8 Å². The monoisotopic (exact) mass is 184 g/mol. The Balaban J connectivity index is 3.11. The lowest BCUT2D eigenvalue weighted by atomic mass is 9.86. The van der Waals surface area contributed by atoms with Gasteiger partial charge in [-0.15, -0.1) is 0 Å². The van der Waals surface area contributed by atoms with Crippen LogP contribution in [0.5, 0.6) is 0 Å². The van der Waals surface area contributed by atoms with Gasteiger partial charge in [0.05, 0.1) is 6.61 Å². The van der Waals surface area contributed by atoms with E-state index < -0.39 is 5.60 Å². The van der Waals surface area contributed by atoms with E-state index in [-0.39, 0.29) is 12.4 Å². The van der Waals surface area contributed by atoms with Gasteiger partial charge < -0.3 is 9.84 Å². The SMILES string of the molecule is CC[C@]1(O)C(=O)COCC(C)=C1C. The van der Waals surface area contributed by atoms with E-state index in [2.05, 4.69) is 0 Å². The smallest absolute Gasteiger partial charge is 0.194 e. The molecule has 0 saturated heterocycles. The van der Waals surface area contributed by atoms with Gasteiger partial charge in [-0.25, -0.2) is 0 Å². The van der Waals surface area contributed by atoms with E-state index in [1.807, 2.05) is 6.92 Å². The lowest BCUT2D eigenvalue weighted by Crippen LogP contribution is -2.40. The van der Waals surface area contributed by atoms with Crippen LogP contribution < -0.4 is 0 Å². The molecule has 1 aliphatic heterocycles. The fourth-order valence-corrected chi connectivity index (χ4v) is 1.55. The third kappa shape index (κ3) is 1.67. The Bertz CT molecular complexity index is 255. The molecular formula is C10H16O3. The van der Waals surface area contributed by atoms with Crippen LogP contribution in [0.3, 0.4) is 0 Å². The zero-order valence-corrected chi connectivity index (χ0v) is 8.39. The highest BCUT2D eigenvalue weighted by atomic mass is 16.5. The minimum atomic E-state index is -1.29. The molecule has 0 radical (unpaired) electrons. The van der Waals surface area contributed by atoms with Crippen LogP contribution in [0.2, 0.25) is 0 Å². The molecule has 1 N–H and O–H groups in total. The highest BCUT2D eigenvalue weighted by Crippen LogP contribution is 2.27. The maximum absolute atomic E-state index is 11.5. The third-order valence-electron chi connectivity index (χ3n) is 2.79. The van der Waals surface area contributed by atoms with Crippen LogP contribution in [0.1, 0.15) is 27.2 Å². The van der Waals surface area contributed by atoms with Crippen molar-refractivity contribution in [3.63, 3.8) is 0 Å². The Hall–Kier alpha value is -0.670. The molecule has 3 nitrogen and oxygen atoms in total. The number of Topliss-reactive ketones (excluding diaryl/α,β-unsaturated/α-hetero) is 1. The molecule has 0 spiro atoms. The van der Waals surface area contributed by atoms with E-state index in [0.29, 0.717) is 13.0 Å². The van der Waals surface area contributed by atoms with Crippen molar-refractivity contribution in [1.29, 1.82) is 0 Å². The van der Waals surface area contributed by atoms with Gasteiger partial charge in [-0.1, -0.05) is 6.92 Å². The molecule has 0 bridgehead atoms. The first-order valence-electron chi connectivity index (χ1n) is 4.52. The summed E-state index contributed by atoms with van der Waals surface area (Å²) in [5, 5.41) is 10.1. The van der Waals surface area contributed by atoms with E-state index in [9.17, 15) is 9.90 Å². The quantitative estimate of drug-likeness (QED) is 0.620. The number of carbonyl (C=O) groups excluding carboxylic acids is 1. The molecule has 1 atom stereocenters. The van der Waals surface area contributed by atoms with Crippen molar-refractivity contribution in [1.82, 2.24) is 0 Å². The van der Waals surface area contributed by atoms with Gasteiger partial charge in [0.15, 0.2) is 5.78 Å². The molecule has 0 aromatic carbocycles. The van der Waals surface area contributed by atoms with Crippen molar-refractivity contribution in [2.45, 2.75) is 32.8 Å². The normalized spacial score (nSPS) is 30.6. The second-order valence-electron chi connectivity index (χ2n) is 3.54. The Labute approximate surface area is 78.4 Å². The summed E-state index contributed by atoms with van der Waals surface area (Å²) in [6, 6.07) is 0. The van der Waals surface area contributed by atoms with Crippen LogP contribution >= 0.6 is 0 Å². The minimum absolute atomic E-state index is 0.0129. The van der Waals surface area contributed by atoms with Crippen molar-refractivity contribution in [2.24, 2.45) is 0 Å². The van der Waals surface area contributed by atoms with E-state index >= 15 is 0 Å². The second-order valence-corrected chi connectivity index (χ2v) is 3.54. The highest BCUT2D eigenvalue weighted by Gasteiger charge is 2.37. The predicted molar refractivity (Wildman–Crippen MR) is 49.4 cm³/mol. The van der Waals surface area contributed by atoms with Gasteiger partial charge in [-0.2, -0.15) is 0 Å². The molecule has 0 saturated carbocycles. The molecule has 0 aliphatic carbocycles. The molecule has 1 heterocycles. The Morgan fingerprint density at radius 1 is 1.46 bits per heavy atom. The van der Waals surface area contributed by atoms with Crippen molar-refractivity contribution < 1.29 is 14.6 Å². The number of carbonyl (C=O) groups is 1. The molecule has 0 amide bonds. The standard InChI is InChI=1S/C10H16O3/c1-4-10(12)8(3)7(2)5-13-6-9(10)11/h12H,4-6H2,1-3H3/t10-/m1/s1. The number of aliphatic hydroxyl groups is 1. The van der Waals surface area contributed by atoms with Crippen LogP contribution in [-0.4, -0.2) is 29.7 Å². The second kappa shape index (κ2) is 3.60. The summed E-state index contributed by atoms with van der Waals surface area (Å²) in [5.41, 5.74) is 0.410. The van der Waals surface area contributed by atoms with Gasteiger partial charge in [-0.05, 0) is 31.4 Å². The summed E-state index contributed by atoms with van der Waals surface area (Å²) in [5.74, 6) is -0.232. The van der Waals surface area contributed by atoms with Gasteiger partial charge in [0.2, 0.25) is 0 Å². The van der Waals surface area contributed by atoms with E-state index in [0.717, 1.165) is 11.1 Å². The number of hydrogen-bond acceptors (Lipinski definition) is 3. The Morgan fingerprint density at radius 3 is 2.62 bits per heavy atom. The van der Waals surface area contributed by atoms with Crippen molar-refractivity contribution in [2.75, 3.05) is 13.2 Å². The molecule has 74 valence electrons. The summed E-state index contributed by atoms with van der Waals surface area (Å²) in [6.07, 6.45) is 0.415. The summed E-state index contributed by atoms with van der Waals surface area (Å²) in [7, 11) is 0. The van der Waals surface area contributed by atoms with Crippen molar-refractivity contribution >= 4 is 5.78 Å². The summed E-state index contributed by atoms with van der Waals surface area (Å²) >= 11 is 0. The first-order chi connectivity index (χ1) is 6.02. The topological polar surface area (TPSA) is 46.5 Å².